The molecule has 10 heteroatoms. The first-order valence-corrected chi connectivity index (χ1v) is 12.1. The zero-order valence-corrected chi connectivity index (χ0v) is 20.1. The van der Waals surface area contributed by atoms with Gasteiger partial charge in [0.2, 0.25) is 5.78 Å². The number of nitrogens with two attached hydrogens (primary N) is 1. The Morgan fingerprint density at radius 1 is 1.11 bits per heavy atom. The number of nitrogens with one attached hydrogen (secondary N) is 2. The fraction of sp³-hybridized carbons (Fsp3) is 0.0769. The number of aryl methyl sites for hydroxylation is 1. The molecule has 5 aromatic rings. The van der Waals surface area contributed by atoms with Crippen LogP contribution in [-0.2, 0) is 0 Å². The number of benzene rings is 3. The third kappa shape index (κ3) is 4.27. The fourth-order valence-electron chi connectivity index (χ4n) is 3.92. The Kier molecular flexibility index (Phi) is 6.11. The first kappa shape index (κ1) is 23.4. The first-order valence-electron chi connectivity index (χ1n) is 10.9. The van der Waals surface area contributed by atoms with E-state index >= 15 is 0 Å². The van der Waals surface area contributed by atoms with Crippen molar-refractivity contribution in [3.05, 3.63) is 95.3 Å². The van der Waals surface area contributed by atoms with E-state index in [0.717, 1.165) is 5.56 Å². The Hall–Kier alpha value is -4.31. The van der Waals surface area contributed by atoms with E-state index in [0.29, 0.717) is 28.0 Å². The summed E-state index contributed by atoms with van der Waals surface area (Å²) in [6, 6.07) is 15.9. The molecule has 0 aliphatic heterocycles. The van der Waals surface area contributed by atoms with E-state index in [9.17, 15) is 13.6 Å². The molecule has 182 valence electrons. The van der Waals surface area contributed by atoms with Gasteiger partial charge in [0.1, 0.15) is 17.4 Å². The molecule has 0 amide bonds. The molecule has 7 nitrogen and oxygen atoms in total. The predicted octanol–water partition coefficient (Wildman–Crippen LogP) is 6.24. The maximum absolute atomic E-state index is 14.3. The van der Waals surface area contributed by atoms with Crippen LogP contribution in [0.25, 0.3) is 16.6 Å². The molecule has 0 bridgehead atoms. The van der Waals surface area contributed by atoms with Crippen molar-refractivity contribution in [1.29, 1.82) is 0 Å². The van der Waals surface area contributed by atoms with Crippen LogP contribution in [0, 0.1) is 18.6 Å². The Balaban J connectivity index is 1.43. The fourth-order valence-corrected chi connectivity index (χ4v) is 4.29. The second-order valence-corrected chi connectivity index (χ2v) is 8.69. The number of aromatic amines is 1. The monoisotopic (exact) mass is 505 g/mol. The highest BCUT2D eigenvalue weighted by Gasteiger charge is 2.21. The van der Waals surface area contributed by atoms with Crippen LogP contribution in [0.5, 0.6) is 11.5 Å². The number of anilines is 2. The summed E-state index contributed by atoms with van der Waals surface area (Å²) in [6.07, 6.45) is 3.19. The highest BCUT2D eigenvalue weighted by atomic mass is 32.2. The van der Waals surface area contributed by atoms with Crippen molar-refractivity contribution >= 4 is 40.1 Å². The summed E-state index contributed by atoms with van der Waals surface area (Å²) in [6.45, 7) is 1.83. The molecule has 0 radical (unpaired) electrons. The molecule has 0 spiro atoms. The highest BCUT2D eigenvalue weighted by Crippen LogP contribution is 2.30. The van der Waals surface area contributed by atoms with Crippen molar-refractivity contribution in [2.75, 3.05) is 16.7 Å². The van der Waals surface area contributed by atoms with Gasteiger partial charge in [0.05, 0.1) is 28.8 Å². The van der Waals surface area contributed by atoms with Crippen LogP contribution in [0.1, 0.15) is 21.6 Å². The molecule has 4 N–H and O–H groups in total. The van der Waals surface area contributed by atoms with Crippen molar-refractivity contribution in [1.82, 2.24) is 14.8 Å². The lowest BCUT2D eigenvalue weighted by Gasteiger charge is -2.12. The van der Waals surface area contributed by atoms with E-state index in [1.807, 2.05) is 6.92 Å². The molecule has 0 unspecified atom stereocenters. The van der Waals surface area contributed by atoms with Gasteiger partial charge < -0.3 is 20.2 Å². The maximum atomic E-state index is 14.3. The second-order valence-electron chi connectivity index (χ2n) is 8.07. The summed E-state index contributed by atoms with van der Waals surface area (Å²) in [5, 5.41) is 4.99. The molecular formula is C26H21F2N5O2S. The van der Waals surface area contributed by atoms with Crippen molar-refractivity contribution < 1.29 is 18.3 Å². The molecule has 0 aliphatic rings. The molecule has 2 aromatic heterocycles. The molecule has 36 heavy (non-hydrogen) atoms. The number of H-pyrrole nitrogens is 1. The largest absolute Gasteiger partial charge is 0.454 e. The zero-order valence-electron chi connectivity index (χ0n) is 19.3. The number of carbonyl (C=O) groups is 1. The molecule has 0 aliphatic carbocycles. The number of hydrogen-bond donors (Lipinski definition) is 3. The smallest absolute Gasteiger partial charge is 0.214 e. The van der Waals surface area contributed by atoms with Crippen molar-refractivity contribution in [2.24, 2.45) is 0 Å². The summed E-state index contributed by atoms with van der Waals surface area (Å²) in [5.41, 5.74) is 9.01. The molecule has 5 rings (SSSR count). The SMILES string of the molecule is CSNc1cc2cc(C(=O)c3cnn(-c4ccc(Oc5ccccc5F)cc4C)c3N)[nH]c2cc1F. The average Bonchev–Trinajstić information content (AvgIpc) is 3.44. The van der Waals surface area contributed by atoms with Crippen LogP contribution in [-0.4, -0.2) is 26.8 Å². The number of hydrogen-bond acceptors (Lipinski definition) is 6. The number of nitrogen functional groups attached to an aromatic ring is 1. The summed E-state index contributed by atoms with van der Waals surface area (Å²) >= 11 is 1.27. The normalized spacial score (nSPS) is 11.1. The Morgan fingerprint density at radius 3 is 2.67 bits per heavy atom. The topological polar surface area (TPSA) is 98.0 Å². The van der Waals surface area contributed by atoms with Gasteiger partial charge in [-0.25, -0.2) is 13.5 Å². The standard InChI is InChI=1S/C26H21F2N5O2S/c1-14-9-16(35-24-6-4-3-5-18(24)27)7-8-23(14)33-26(29)17(13-30-33)25(34)22-11-15-10-21(32-36-2)19(28)12-20(15)31-22/h3-13,31-32H,29H2,1-2H3. The number of ketones is 1. The summed E-state index contributed by atoms with van der Waals surface area (Å²) in [4.78, 5) is 16.2. The number of para-hydroxylation sites is 1. The molecular weight excluding hydrogens is 484 g/mol. The Labute approximate surface area is 209 Å². The van der Waals surface area contributed by atoms with E-state index < -0.39 is 11.6 Å². The van der Waals surface area contributed by atoms with Crippen LogP contribution in [0.2, 0.25) is 0 Å². The first-order chi connectivity index (χ1) is 17.4. The Bertz CT molecular complexity index is 1610. The molecule has 0 atom stereocenters. The highest BCUT2D eigenvalue weighted by molar-refractivity contribution is 7.99. The van der Waals surface area contributed by atoms with Gasteiger partial charge in [-0.2, -0.15) is 5.10 Å². The summed E-state index contributed by atoms with van der Waals surface area (Å²) in [7, 11) is 0. The maximum Gasteiger partial charge on any atom is 0.214 e. The van der Waals surface area contributed by atoms with Gasteiger partial charge in [-0.1, -0.05) is 24.1 Å². The number of carbonyl (C=O) groups excluding carboxylic acids is 1. The van der Waals surface area contributed by atoms with Gasteiger partial charge in [0.25, 0.3) is 0 Å². The summed E-state index contributed by atoms with van der Waals surface area (Å²) in [5.74, 6) is -0.542. The van der Waals surface area contributed by atoms with Gasteiger partial charge in [-0.05, 0) is 55.0 Å². The van der Waals surface area contributed by atoms with E-state index in [-0.39, 0.29) is 28.6 Å². The van der Waals surface area contributed by atoms with Gasteiger partial charge in [-0.15, -0.1) is 0 Å². The van der Waals surface area contributed by atoms with Crippen LogP contribution < -0.4 is 15.2 Å². The second kappa shape index (κ2) is 9.38. The van der Waals surface area contributed by atoms with Crippen LogP contribution in [0.4, 0.5) is 20.3 Å². The van der Waals surface area contributed by atoms with Gasteiger partial charge in [0, 0.05) is 23.2 Å². The third-order valence-electron chi connectivity index (χ3n) is 5.68. The van der Waals surface area contributed by atoms with Crippen molar-refractivity contribution in [2.45, 2.75) is 6.92 Å². The third-order valence-corrected chi connectivity index (χ3v) is 6.10. The summed E-state index contributed by atoms with van der Waals surface area (Å²) < 4.78 is 38.2. The van der Waals surface area contributed by atoms with Gasteiger partial charge in [-0.3, -0.25) is 4.79 Å². The molecule has 3 aromatic carbocycles. The molecule has 0 saturated heterocycles. The minimum absolute atomic E-state index is 0.116. The molecule has 2 heterocycles. The van der Waals surface area contributed by atoms with Crippen molar-refractivity contribution in [3.8, 4) is 17.2 Å². The molecule has 0 fully saturated rings. The van der Waals surface area contributed by atoms with E-state index in [4.69, 9.17) is 10.5 Å². The number of halogens is 2. The van der Waals surface area contributed by atoms with Gasteiger partial charge in [0.15, 0.2) is 11.6 Å². The lowest BCUT2D eigenvalue weighted by molar-refractivity contribution is 0.103. The minimum atomic E-state index is -0.463. The number of fused-ring (bicyclic) bond motifs is 1. The number of nitrogens with zero attached hydrogens (tertiary/aromatic N) is 2. The quantitative estimate of drug-likeness (QED) is 0.179. The van der Waals surface area contributed by atoms with Crippen LogP contribution in [0.3, 0.4) is 0 Å². The van der Waals surface area contributed by atoms with Crippen LogP contribution in [0.15, 0.2) is 66.9 Å². The number of ether oxygens (including phenoxy) is 1. The average molecular weight is 506 g/mol. The van der Waals surface area contributed by atoms with Gasteiger partial charge >= 0.3 is 0 Å². The molecule has 0 saturated carbocycles. The van der Waals surface area contributed by atoms with Crippen molar-refractivity contribution in [3.63, 3.8) is 0 Å². The van der Waals surface area contributed by atoms with Crippen LogP contribution >= 0.6 is 11.9 Å². The van der Waals surface area contributed by atoms with E-state index in [1.165, 1.54) is 35.0 Å². The lowest BCUT2D eigenvalue weighted by Crippen LogP contribution is -2.08. The minimum Gasteiger partial charge on any atom is -0.454 e. The number of aromatic nitrogens is 3. The lowest BCUT2D eigenvalue weighted by atomic mass is 10.1. The van der Waals surface area contributed by atoms with E-state index in [2.05, 4.69) is 14.8 Å². The van der Waals surface area contributed by atoms with E-state index in [1.54, 1.807) is 54.8 Å². The Morgan fingerprint density at radius 2 is 1.92 bits per heavy atom. The zero-order chi connectivity index (χ0) is 25.4. The predicted molar refractivity (Wildman–Crippen MR) is 138 cm³/mol. The number of rotatable bonds is 7.